The van der Waals surface area contributed by atoms with Gasteiger partial charge in [-0.3, -0.25) is 5.01 Å². The van der Waals surface area contributed by atoms with Crippen molar-refractivity contribution in [3.05, 3.63) is 12.3 Å². The minimum atomic E-state index is 0.582. The topological polar surface area (TPSA) is 18.8 Å². The first-order valence-electron chi connectivity index (χ1n) is 5.36. The number of hydrogen-bond donors (Lipinski definition) is 0. The zero-order valence-electron chi connectivity index (χ0n) is 9.48. The van der Waals surface area contributed by atoms with Crippen LogP contribution in [0.25, 0.3) is 0 Å². The molecule has 80 valence electrons. The Balaban J connectivity index is 2.51. The van der Waals surface area contributed by atoms with E-state index in [1.807, 2.05) is 26.1 Å². The first-order chi connectivity index (χ1) is 6.77. The molecule has 0 atom stereocenters. The van der Waals surface area contributed by atoms with Gasteiger partial charge in [-0.25, -0.2) is 0 Å². The van der Waals surface area contributed by atoms with Gasteiger partial charge < -0.3 is 4.90 Å². The number of hydrogen-bond acceptors (Lipinski definition) is 3. The number of nitrogens with zero attached hydrogens (tertiary/aromatic N) is 3. The smallest absolute Gasteiger partial charge is 0.0543 e. The van der Waals surface area contributed by atoms with Crippen molar-refractivity contribution in [2.24, 2.45) is 5.10 Å². The highest BCUT2D eigenvalue weighted by atomic mass is 15.5. The predicted octanol–water partition coefficient (Wildman–Crippen LogP) is 1.92. The molecule has 0 amide bonds. The molecular formula is C11H21N3. The van der Waals surface area contributed by atoms with Crippen molar-refractivity contribution in [2.45, 2.75) is 32.7 Å². The summed E-state index contributed by atoms with van der Waals surface area (Å²) in [6.07, 6.45) is 8.38. The molecule has 0 saturated carbocycles. The van der Waals surface area contributed by atoms with Gasteiger partial charge in [0, 0.05) is 12.4 Å². The Morgan fingerprint density at radius 3 is 2.43 bits per heavy atom. The van der Waals surface area contributed by atoms with Crippen LogP contribution in [0.15, 0.2) is 17.4 Å². The summed E-state index contributed by atoms with van der Waals surface area (Å²) in [5.74, 6) is 0. The van der Waals surface area contributed by atoms with Gasteiger partial charge in [-0.15, -0.1) is 0 Å². The molecule has 14 heavy (non-hydrogen) atoms. The van der Waals surface area contributed by atoms with Crippen molar-refractivity contribution in [3.8, 4) is 0 Å². The molecule has 1 heterocycles. The van der Waals surface area contributed by atoms with Crippen LogP contribution in [0.5, 0.6) is 0 Å². The Bertz CT molecular complexity index is 191. The Hall–Kier alpha value is -0.830. The third-order valence-electron chi connectivity index (χ3n) is 2.61. The molecule has 1 aliphatic rings. The van der Waals surface area contributed by atoms with Crippen LogP contribution in [0.2, 0.25) is 0 Å². The van der Waals surface area contributed by atoms with Crippen LogP contribution in [0.3, 0.4) is 0 Å². The zero-order chi connectivity index (χ0) is 10.4. The molecule has 1 rings (SSSR count). The Morgan fingerprint density at radius 2 is 1.93 bits per heavy atom. The lowest BCUT2D eigenvalue weighted by Gasteiger charge is -2.33. The summed E-state index contributed by atoms with van der Waals surface area (Å²) >= 11 is 0. The second-order valence-electron chi connectivity index (χ2n) is 3.77. The van der Waals surface area contributed by atoms with E-state index in [4.69, 9.17) is 0 Å². The fourth-order valence-corrected chi connectivity index (χ4v) is 1.80. The fraction of sp³-hybridized carbons (Fsp3) is 0.727. The zero-order valence-corrected chi connectivity index (χ0v) is 9.48. The van der Waals surface area contributed by atoms with E-state index in [1.165, 1.54) is 25.9 Å². The van der Waals surface area contributed by atoms with E-state index < -0.39 is 0 Å². The molecule has 0 N–H and O–H groups in total. The standard InChI is InChI=1S/C11H21N3/c1-4-8-14(12-5-2)11-6-9-13(3)10-7-11/h4-5,8,11H,6-7,9-10H2,1-3H3. The van der Waals surface area contributed by atoms with Crippen molar-refractivity contribution in [3.63, 3.8) is 0 Å². The molecule has 0 unspecified atom stereocenters. The van der Waals surface area contributed by atoms with Gasteiger partial charge in [-0.1, -0.05) is 6.08 Å². The van der Waals surface area contributed by atoms with Crippen LogP contribution in [0, 0.1) is 0 Å². The summed E-state index contributed by atoms with van der Waals surface area (Å²) in [7, 11) is 2.18. The lowest BCUT2D eigenvalue weighted by atomic mass is 10.1. The van der Waals surface area contributed by atoms with Crippen molar-refractivity contribution >= 4 is 6.21 Å². The third-order valence-corrected chi connectivity index (χ3v) is 2.61. The maximum absolute atomic E-state index is 4.37. The molecule has 0 radical (unpaired) electrons. The average Bonchev–Trinajstić information content (AvgIpc) is 2.19. The Morgan fingerprint density at radius 1 is 1.29 bits per heavy atom. The highest BCUT2D eigenvalue weighted by molar-refractivity contribution is 5.52. The predicted molar refractivity (Wildman–Crippen MR) is 61.3 cm³/mol. The first-order valence-corrected chi connectivity index (χ1v) is 5.36. The number of likely N-dealkylation sites (tertiary alicyclic amines) is 1. The molecule has 0 aromatic carbocycles. The summed E-state index contributed by atoms with van der Waals surface area (Å²) in [5, 5.41) is 6.46. The van der Waals surface area contributed by atoms with Gasteiger partial charge in [0.15, 0.2) is 0 Å². The Kier molecular flexibility index (Phi) is 4.66. The molecule has 3 heteroatoms. The van der Waals surface area contributed by atoms with Crippen molar-refractivity contribution in [2.75, 3.05) is 20.1 Å². The number of piperidine rings is 1. The van der Waals surface area contributed by atoms with Crippen LogP contribution in [0.1, 0.15) is 26.7 Å². The summed E-state index contributed by atoms with van der Waals surface area (Å²) < 4.78 is 0. The first kappa shape index (κ1) is 11.2. The minimum Gasteiger partial charge on any atom is -0.306 e. The third kappa shape index (κ3) is 3.14. The van der Waals surface area contributed by atoms with Crippen LogP contribution >= 0.6 is 0 Å². The summed E-state index contributed by atoms with van der Waals surface area (Å²) in [5.41, 5.74) is 0. The van der Waals surface area contributed by atoms with E-state index in [9.17, 15) is 0 Å². The van der Waals surface area contributed by atoms with Crippen LogP contribution < -0.4 is 0 Å². The van der Waals surface area contributed by atoms with Crippen molar-refractivity contribution in [1.29, 1.82) is 0 Å². The van der Waals surface area contributed by atoms with Gasteiger partial charge in [0.25, 0.3) is 0 Å². The summed E-state index contributed by atoms with van der Waals surface area (Å²) in [6.45, 7) is 6.36. The van der Waals surface area contributed by atoms with E-state index in [-0.39, 0.29) is 0 Å². The lowest BCUT2D eigenvalue weighted by Crippen LogP contribution is -2.39. The summed E-state index contributed by atoms with van der Waals surface area (Å²) in [4.78, 5) is 2.38. The van der Waals surface area contributed by atoms with Crippen LogP contribution in [-0.4, -0.2) is 42.3 Å². The van der Waals surface area contributed by atoms with Gasteiger partial charge >= 0.3 is 0 Å². The van der Waals surface area contributed by atoms with Crippen LogP contribution in [0.4, 0.5) is 0 Å². The average molecular weight is 195 g/mol. The maximum Gasteiger partial charge on any atom is 0.0543 e. The van der Waals surface area contributed by atoms with Crippen molar-refractivity contribution in [1.82, 2.24) is 9.91 Å². The van der Waals surface area contributed by atoms with Gasteiger partial charge in [-0.05, 0) is 46.8 Å². The van der Waals surface area contributed by atoms with Gasteiger partial charge in [-0.2, -0.15) is 5.10 Å². The van der Waals surface area contributed by atoms with Crippen LogP contribution in [-0.2, 0) is 0 Å². The minimum absolute atomic E-state index is 0.582. The SMILES string of the molecule is CC=CN(N=CC)C1CCN(C)CC1. The van der Waals surface area contributed by atoms with Crippen molar-refractivity contribution < 1.29 is 0 Å². The van der Waals surface area contributed by atoms with E-state index in [0.717, 1.165) is 0 Å². The molecular weight excluding hydrogens is 174 g/mol. The van der Waals surface area contributed by atoms with E-state index >= 15 is 0 Å². The molecule has 0 bridgehead atoms. The molecule has 3 nitrogen and oxygen atoms in total. The number of allylic oxidation sites excluding steroid dienone is 1. The fourth-order valence-electron chi connectivity index (χ4n) is 1.80. The monoisotopic (exact) mass is 195 g/mol. The van der Waals surface area contributed by atoms with E-state index in [0.29, 0.717) is 6.04 Å². The largest absolute Gasteiger partial charge is 0.306 e. The second-order valence-corrected chi connectivity index (χ2v) is 3.77. The second kappa shape index (κ2) is 5.81. The van der Waals surface area contributed by atoms with Gasteiger partial charge in [0.2, 0.25) is 0 Å². The quantitative estimate of drug-likeness (QED) is 0.506. The van der Waals surface area contributed by atoms with E-state index in [1.54, 1.807) is 0 Å². The molecule has 1 saturated heterocycles. The molecule has 1 fully saturated rings. The highest BCUT2D eigenvalue weighted by Gasteiger charge is 2.20. The van der Waals surface area contributed by atoms with Gasteiger partial charge in [0.05, 0.1) is 6.04 Å². The molecule has 0 aliphatic carbocycles. The molecule has 0 spiro atoms. The Labute approximate surface area is 87.1 Å². The molecule has 1 aliphatic heterocycles. The van der Waals surface area contributed by atoms with E-state index in [2.05, 4.69) is 28.3 Å². The lowest BCUT2D eigenvalue weighted by molar-refractivity contribution is 0.164. The highest BCUT2D eigenvalue weighted by Crippen LogP contribution is 2.16. The molecule has 0 aromatic heterocycles. The van der Waals surface area contributed by atoms with Gasteiger partial charge in [0.1, 0.15) is 0 Å². The number of hydrazone groups is 1. The summed E-state index contributed by atoms with van der Waals surface area (Å²) in [6, 6.07) is 0.582. The normalized spacial score (nSPS) is 21.1. The molecule has 0 aromatic rings. The number of rotatable bonds is 3. The maximum atomic E-state index is 4.37.